The zero-order valence-corrected chi connectivity index (χ0v) is 16.0. The van der Waals surface area contributed by atoms with Crippen molar-refractivity contribution in [2.75, 3.05) is 5.32 Å². The van der Waals surface area contributed by atoms with Gasteiger partial charge in [-0.05, 0) is 35.9 Å². The van der Waals surface area contributed by atoms with Crippen LogP contribution >= 0.6 is 22.6 Å². The number of halogens is 5. The second-order valence-electron chi connectivity index (χ2n) is 5.66. The molecule has 0 atom stereocenters. The van der Waals surface area contributed by atoms with Crippen molar-refractivity contribution >= 4 is 34.2 Å². The van der Waals surface area contributed by atoms with E-state index in [1.807, 2.05) is 0 Å². The van der Waals surface area contributed by atoms with Gasteiger partial charge in [-0.1, -0.05) is 18.2 Å². The number of aromatic nitrogens is 2. The maximum Gasteiger partial charge on any atom is 0.339 e. The topological polar surface area (TPSA) is 46.9 Å². The molecule has 0 saturated heterocycles. The van der Waals surface area contributed by atoms with Crippen molar-refractivity contribution in [2.45, 2.75) is 3.93 Å². The first-order valence-corrected chi connectivity index (χ1v) is 8.71. The van der Waals surface area contributed by atoms with E-state index in [1.54, 1.807) is 12.1 Å². The third-order valence-corrected chi connectivity index (χ3v) is 4.35. The number of amides is 1. The van der Waals surface area contributed by atoms with Crippen LogP contribution in [-0.4, -0.2) is 15.7 Å². The highest BCUT2D eigenvalue weighted by Crippen LogP contribution is 2.36. The van der Waals surface area contributed by atoms with E-state index in [0.29, 0.717) is 16.9 Å². The molecule has 0 spiro atoms. The van der Waals surface area contributed by atoms with Crippen LogP contribution in [0.25, 0.3) is 11.3 Å². The van der Waals surface area contributed by atoms with Gasteiger partial charge in [0.2, 0.25) is 0 Å². The van der Waals surface area contributed by atoms with Crippen molar-refractivity contribution in [1.82, 2.24) is 9.78 Å². The van der Waals surface area contributed by atoms with Gasteiger partial charge in [0.25, 0.3) is 5.91 Å². The van der Waals surface area contributed by atoms with Crippen molar-refractivity contribution in [3.8, 4) is 11.3 Å². The SMILES string of the molecule is Cn1nc(C(F)(F)I)cc1-c1ccc(NC(=O)c2c(F)cccc2F)cc1. The van der Waals surface area contributed by atoms with Crippen LogP contribution in [0.1, 0.15) is 16.1 Å². The van der Waals surface area contributed by atoms with Gasteiger partial charge in [-0.15, -0.1) is 0 Å². The molecule has 0 aliphatic heterocycles. The second-order valence-corrected chi connectivity index (χ2v) is 7.02. The summed E-state index contributed by atoms with van der Waals surface area (Å²) in [5, 5.41) is 6.19. The van der Waals surface area contributed by atoms with Crippen molar-refractivity contribution < 1.29 is 22.4 Å². The van der Waals surface area contributed by atoms with E-state index in [1.165, 1.54) is 29.9 Å². The summed E-state index contributed by atoms with van der Waals surface area (Å²) in [6, 6.07) is 10.6. The van der Waals surface area contributed by atoms with Gasteiger partial charge >= 0.3 is 3.93 Å². The molecule has 9 heteroatoms. The molecule has 4 nitrogen and oxygen atoms in total. The Morgan fingerprint density at radius 2 is 1.70 bits per heavy atom. The fourth-order valence-electron chi connectivity index (χ4n) is 2.51. The Hall–Kier alpha value is -2.43. The summed E-state index contributed by atoms with van der Waals surface area (Å²) in [4.78, 5) is 12.1. The molecule has 3 rings (SSSR count). The fourth-order valence-corrected chi connectivity index (χ4v) is 2.77. The number of rotatable bonds is 4. The molecule has 0 radical (unpaired) electrons. The zero-order valence-electron chi connectivity index (χ0n) is 13.8. The number of nitrogens with one attached hydrogen (secondary N) is 1. The fraction of sp³-hybridized carbons (Fsp3) is 0.111. The van der Waals surface area contributed by atoms with E-state index in [0.717, 1.165) is 40.8 Å². The number of carbonyl (C=O) groups excluding carboxylic acids is 1. The van der Waals surface area contributed by atoms with Gasteiger partial charge in [-0.25, -0.2) is 8.78 Å². The lowest BCUT2D eigenvalue weighted by Crippen LogP contribution is -2.15. The number of aryl methyl sites for hydroxylation is 1. The Labute approximate surface area is 165 Å². The van der Waals surface area contributed by atoms with E-state index in [-0.39, 0.29) is 5.69 Å². The van der Waals surface area contributed by atoms with Crippen LogP contribution in [-0.2, 0) is 11.0 Å². The third kappa shape index (κ3) is 4.12. The Balaban J connectivity index is 1.82. The van der Waals surface area contributed by atoms with Gasteiger partial charge in [0.05, 0.1) is 5.69 Å². The molecular formula is C18H12F4IN3O. The number of benzene rings is 2. The standard InChI is InChI=1S/C18H12F4IN3O/c1-26-14(9-15(25-26)18(21,22)23)10-5-7-11(8-6-10)24-17(27)16-12(19)3-2-4-13(16)20/h2-9H,1H3,(H,24,27). The second kappa shape index (κ2) is 7.29. The summed E-state index contributed by atoms with van der Waals surface area (Å²) in [7, 11) is 1.54. The van der Waals surface area contributed by atoms with Gasteiger partial charge < -0.3 is 5.32 Å². The van der Waals surface area contributed by atoms with Gasteiger partial charge in [-0.2, -0.15) is 13.9 Å². The molecule has 3 aromatic rings. The monoisotopic (exact) mass is 489 g/mol. The number of alkyl halides is 3. The Bertz CT molecular complexity index is 977. The smallest absolute Gasteiger partial charge is 0.322 e. The van der Waals surface area contributed by atoms with Gasteiger partial charge in [0, 0.05) is 35.3 Å². The number of hydrogen-bond acceptors (Lipinski definition) is 2. The first-order chi connectivity index (χ1) is 12.7. The van der Waals surface area contributed by atoms with Crippen LogP contribution in [0.5, 0.6) is 0 Å². The van der Waals surface area contributed by atoms with E-state index in [2.05, 4.69) is 10.4 Å². The molecule has 1 amide bonds. The quantitative estimate of drug-likeness (QED) is 0.315. The molecule has 0 fully saturated rings. The van der Waals surface area contributed by atoms with Crippen LogP contribution in [0.3, 0.4) is 0 Å². The number of carbonyl (C=O) groups is 1. The van der Waals surface area contributed by atoms with Gasteiger partial charge in [0.15, 0.2) is 0 Å². The van der Waals surface area contributed by atoms with E-state index in [4.69, 9.17) is 0 Å². The first-order valence-electron chi connectivity index (χ1n) is 7.64. The summed E-state index contributed by atoms with van der Waals surface area (Å²) in [5.74, 6) is -2.86. The Morgan fingerprint density at radius 3 is 2.22 bits per heavy atom. The third-order valence-electron chi connectivity index (χ3n) is 3.80. The van der Waals surface area contributed by atoms with Crippen molar-refractivity contribution in [3.63, 3.8) is 0 Å². The molecule has 0 aliphatic carbocycles. The molecule has 2 aromatic carbocycles. The molecule has 1 N–H and O–H groups in total. The molecule has 1 heterocycles. The van der Waals surface area contributed by atoms with Crippen molar-refractivity contribution in [3.05, 3.63) is 71.4 Å². The summed E-state index contributed by atoms with van der Waals surface area (Å²) >= 11 is 1.00. The van der Waals surface area contributed by atoms with Crippen LogP contribution in [0.15, 0.2) is 48.5 Å². The number of anilines is 1. The Kier molecular flexibility index (Phi) is 5.22. The van der Waals surface area contributed by atoms with Crippen LogP contribution < -0.4 is 5.32 Å². The van der Waals surface area contributed by atoms with Crippen LogP contribution in [0.4, 0.5) is 23.2 Å². The normalized spacial score (nSPS) is 11.5. The minimum Gasteiger partial charge on any atom is -0.322 e. The van der Waals surface area contributed by atoms with Gasteiger partial charge in [0.1, 0.15) is 22.9 Å². The summed E-state index contributed by atoms with van der Waals surface area (Å²) in [5.41, 5.74) is 0.300. The van der Waals surface area contributed by atoms with E-state index >= 15 is 0 Å². The lowest BCUT2D eigenvalue weighted by Gasteiger charge is -2.08. The summed E-state index contributed by atoms with van der Waals surface area (Å²) in [6.07, 6.45) is 0. The lowest BCUT2D eigenvalue weighted by atomic mass is 10.1. The number of nitrogens with zero attached hydrogens (tertiary/aromatic N) is 2. The molecule has 27 heavy (non-hydrogen) atoms. The molecule has 0 aliphatic rings. The highest BCUT2D eigenvalue weighted by molar-refractivity contribution is 14.1. The molecule has 0 saturated carbocycles. The van der Waals surface area contributed by atoms with Gasteiger partial charge in [-0.3, -0.25) is 9.48 Å². The minimum atomic E-state index is -3.09. The molecule has 0 bridgehead atoms. The molecular weight excluding hydrogens is 477 g/mol. The van der Waals surface area contributed by atoms with Crippen molar-refractivity contribution in [1.29, 1.82) is 0 Å². The highest BCUT2D eigenvalue weighted by Gasteiger charge is 2.31. The average molecular weight is 489 g/mol. The predicted octanol–water partition coefficient (Wildman–Crippen LogP) is 5.10. The Morgan fingerprint density at radius 1 is 1.11 bits per heavy atom. The summed E-state index contributed by atoms with van der Waals surface area (Å²) in [6.45, 7) is 0. The molecule has 0 unspecified atom stereocenters. The van der Waals surface area contributed by atoms with Crippen LogP contribution in [0.2, 0.25) is 0 Å². The highest BCUT2D eigenvalue weighted by atomic mass is 127. The number of hydrogen-bond donors (Lipinski definition) is 1. The average Bonchev–Trinajstić information content (AvgIpc) is 2.97. The van der Waals surface area contributed by atoms with Crippen molar-refractivity contribution in [2.24, 2.45) is 7.05 Å². The van der Waals surface area contributed by atoms with Crippen LogP contribution in [0, 0.1) is 11.6 Å². The maximum atomic E-state index is 13.7. The predicted molar refractivity (Wildman–Crippen MR) is 101 cm³/mol. The maximum absolute atomic E-state index is 13.7. The minimum absolute atomic E-state index is 0.299. The van der Waals surface area contributed by atoms with E-state index in [9.17, 15) is 22.4 Å². The van der Waals surface area contributed by atoms with E-state index < -0.39 is 27.0 Å². The molecule has 1 aromatic heterocycles. The largest absolute Gasteiger partial charge is 0.339 e. The zero-order chi connectivity index (χ0) is 19.8. The first kappa shape index (κ1) is 19.3. The summed E-state index contributed by atoms with van der Waals surface area (Å²) < 4.78 is 52.4. The lowest BCUT2D eigenvalue weighted by molar-refractivity contribution is 0.101. The molecule has 140 valence electrons.